The van der Waals surface area contributed by atoms with Gasteiger partial charge in [0.2, 0.25) is 5.91 Å². The molecule has 5 heteroatoms. The van der Waals surface area contributed by atoms with Gasteiger partial charge in [-0.1, -0.05) is 29.8 Å². The Kier molecular flexibility index (Phi) is 4.95. The lowest BCUT2D eigenvalue weighted by atomic mass is 9.95. The summed E-state index contributed by atoms with van der Waals surface area (Å²) in [5.74, 6) is 1.49. The van der Waals surface area contributed by atoms with E-state index in [4.69, 9.17) is 21.1 Å². The third-order valence-corrected chi connectivity index (χ3v) is 4.49. The fourth-order valence-electron chi connectivity index (χ4n) is 3.00. The first-order chi connectivity index (χ1) is 11.6. The smallest absolute Gasteiger partial charge is 0.229 e. The second-order valence-electron chi connectivity index (χ2n) is 5.97. The van der Waals surface area contributed by atoms with Gasteiger partial charge in [0, 0.05) is 24.2 Å². The van der Waals surface area contributed by atoms with Crippen LogP contribution in [-0.4, -0.2) is 31.6 Å². The van der Waals surface area contributed by atoms with Crippen molar-refractivity contribution in [3.05, 3.63) is 58.6 Å². The minimum atomic E-state index is -0.171. The van der Waals surface area contributed by atoms with Crippen LogP contribution >= 0.6 is 11.6 Å². The van der Waals surface area contributed by atoms with Crippen LogP contribution in [0.2, 0.25) is 5.02 Å². The van der Waals surface area contributed by atoms with E-state index in [1.807, 2.05) is 36.4 Å². The van der Waals surface area contributed by atoms with Gasteiger partial charge in [0.05, 0.1) is 13.0 Å². The Hall–Kier alpha value is -2.20. The van der Waals surface area contributed by atoms with E-state index in [2.05, 4.69) is 0 Å². The van der Waals surface area contributed by atoms with E-state index in [1.54, 1.807) is 25.1 Å². The van der Waals surface area contributed by atoms with Gasteiger partial charge < -0.3 is 14.4 Å². The van der Waals surface area contributed by atoms with Gasteiger partial charge in [-0.15, -0.1) is 0 Å². The van der Waals surface area contributed by atoms with E-state index in [1.165, 1.54) is 0 Å². The van der Waals surface area contributed by atoms with E-state index in [9.17, 15) is 4.79 Å². The fraction of sp³-hybridized carbons (Fsp3) is 0.316. The number of hydrogen-bond acceptors (Lipinski definition) is 3. The molecule has 0 aliphatic carbocycles. The van der Waals surface area contributed by atoms with Crippen LogP contribution in [0.3, 0.4) is 0 Å². The molecule has 0 spiro atoms. The molecule has 1 aliphatic heterocycles. The van der Waals surface area contributed by atoms with Crippen LogP contribution in [0.4, 0.5) is 0 Å². The highest BCUT2D eigenvalue weighted by atomic mass is 35.5. The van der Waals surface area contributed by atoms with Gasteiger partial charge in [0.1, 0.15) is 18.1 Å². The van der Waals surface area contributed by atoms with Crippen molar-refractivity contribution in [3.8, 4) is 11.5 Å². The van der Waals surface area contributed by atoms with Crippen molar-refractivity contribution in [1.29, 1.82) is 0 Å². The lowest BCUT2D eigenvalue weighted by Crippen LogP contribution is -2.38. The summed E-state index contributed by atoms with van der Waals surface area (Å²) in [5, 5.41) is 0.626. The zero-order valence-corrected chi connectivity index (χ0v) is 14.5. The summed E-state index contributed by atoms with van der Waals surface area (Å²) in [6, 6.07) is 13.3. The van der Waals surface area contributed by atoms with Gasteiger partial charge in [-0.3, -0.25) is 4.79 Å². The number of carbonyl (C=O) groups excluding carboxylic acids is 1. The number of amides is 1. The van der Waals surface area contributed by atoms with Crippen LogP contribution in [-0.2, 0) is 17.8 Å². The molecule has 1 heterocycles. The Balaban J connectivity index is 1.71. The molecule has 0 fully saturated rings. The van der Waals surface area contributed by atoms with Crippen molar-refractivity contribution in [3.63, 3.8) is 0 Å². The van der Waals surface area contributed by atoms with Crippen molar-refractivity contribution in [2.75, 3.05) is 20.8 Å². The van der Waals surface area contributed by atoms with Crippen LogP contribution in [0.1, 0.15) is 11.1 Å². The minimum absolute atomic E-state index is 0.0616. The highest BCUT2D eigenvalue weighted by Crippen LogP contribution is 2.29. The molecule has 3 rings (SSSR count). The number of carbonyl (C=O) groups is 1. The molecule has 1 unspecified atom stereocenters. The molecule has 0 bridgehead atoms. The third kappa shape index (κ3) is 3.49. The van der Waals surface area contributed by atoms with Crippen LogP contribution in [0, 0.1) is 5.92 Å². The quantitative estimate of drug-likeness (QED) is 0.850. The number of benzene rings is 2. The summed E-state index contributed by atoms with van der Waals surface area (Å²) < 4.78 is 11.1. The number of rotatable bonds is 4. The Bertz CT molecular complexity index is 747. The fourth-order valence-corrected chi connectivity index (χ4v) is 3.20. The van der Waals surface area contributed by atoms with E-state index in [-0.39, 0.29) is 11.8 Å². The number of para-hydroxylation sites is 1. The number of ether oxygens (including phenoxy) is 2. The topological polar surface area (TPSA) is 38.8 Å². The standard InChI is InChI=1S/C19H20ClNO3/c1-21(11-14-10-16(20)7-8-17(14)23-2)19(22)15-9-13-5-3-4-6-18(13)24-12-15/h3-8,10,15H,9,11-12H2,1-2H3. The molecule has 0 radical (unpaired) electrons. The second kappa shape index (κ2) is 7.14. The highest BCUT2D eigenvalue weighted by Gasteiger charge is 2.28. The van der Waals surface area contributed by atoms with Crippen molar-refractivity contribution in [2.45, 2.75) is 13.0 Å². The molecule has 0 N–H and O–H groups in total. The molecule has 0 aromatic heterocycles. The highest BCUT2D eigenvalue weighted by molar-refractivity contribution is 6.30. The first-order valence-corrected chi connectivity index (χ1v) is 8.24. The van der Waals surface area contributed by atoms with E-state index >= 15 is 0 Å². The maximum absolute atomic E-state index is 12.8. The number of fused-ring (bicyclic) bond motifs is 1. The molecule has 2 aromatic carbocycles. The lowest BCUT2D eigenvalue weighted by molar-refractivity contribution is -0.136. The predicted molar refractivity (Wildman–Crippen MR) is 93.6 cm³/mol. The molecule has 0 saturated carbocycles. The SMILES string of the molecule is COc1ccc(Cl)cc1CN(C)C(=O)C1COc2ccccc2C1. The number of nitrogens with zero attached hydrogens (tertiary/aromatic N) is 1. The van der Waals surface area contributed by atoms with E-state index in [0.29, 0.717) is 24.6 Å². The third-order valence-electron chi connectivity index (χ3n) is 4.25. The Labute approximate surface area is 146 Å². The monoisotopic (exact) mass is 345 g/mol. The van der Waals surface area contributed by atoms with Gasteiger partial charge in [-0.2, -0.15) is 0 Å². The molecule has 1 aliphatic rings. The van der Waals surface area contributed by atoms with Crippen molar-refractivity contribution in [1.82, 2.24) is 4.90 Å². The summed E-state index contributed by atoms with van der Waals surface area (Å²) in [7, 11) is 3.41. The summed E-state index contributed by atoms with van der Waals surface area (Å²) in [5.41, 5.74) is 1.97. The molecule has 4 nitrogen and oxygen atoms in total. The van der Waals surface area contributed by atoms with Crippen LogP contribution < -0.4 is 9.47 Å². The van der Waals surface area contributed by atoms with Crippen LogP contribution in [0.15, 0.2) is 42.5 Å². The normalized spacial score (nSPS) is 16.0. The first kappa shape index (κ1) is 16.7. The molecule has 126 valence electrons. The predicted octanol–water partition coefficient (Wildman–Crippen LogP) is 3.56. The van der Waals surface area contributed by atoms with Gasteiger partial charge in [0.25, 0.3) is 0 Å². The summed E-state index contributed by atoms with van der Waals surface area (Å²) >= 11 is 6.06. The van der Waals surface area contributed by atoms with Crippen molar-refractivity contribution in [2.24, 2.45) is 5.92 Å². The van der Waals surface area contributed by atoms with Crippen LogP contribution in [0.5, 0.6) is 11.5 Å². The summed E-state index contributed by atoms with van der Waals surface area (Å²) in [6.07, 6.45) is 0.700. The van der Waals surface area contributed by atoms with Gasteiger partial charge >= 0.3 is 0 Å². The Morgan fingerprint density at radius 3 is 2.92 bits per heavy atom. The van der Waals surface area contributed by atoms with E-state index < -0.39 is 0 Å². The van der Waals surface area contributed by atoms with E-state index in [0.717, 1.165) is 22.6 Å². The molecular weight excluding hydrogens is 326 g/mol. The zero-order chi connectivity index (χ0) is 17.1. The average Bonchev–Trinajstić information content (AvgIpc) is 2.61. The van der Waals surface area contributed by atoms with Crippen molar-refractivity contribution < 1.29 is 14.3 Å². The lowest BCUT2D eigenvalue weighted by Gasteiger charge is -2.28. The average molecular weight is 346 g/mol. The molecule has 2 aromatic rings. The maximum atomic E-state index is 12.8. The molecule has 1 atom stereocenters. The number of methoxy groups -OCH3 is 1. The Morgan fingerprint density at radius 1 is 1.33 bits per heavy atom. The summed E-state index contributed by atoms with van der Waals surface area (Å²) in [4.78, 5) is 14.5. The molecule has 0 saturated heterocycles. The van der Waals surface area contributed by atoms with Gasteiger partial charge in [-0.25, -0.2) is 0 Å². The first-order valence-electron chi connectivity index (χ1n) is 7.86. The molecular formula is C19H20ClNO3. The number of hydrogen-bond donors (Lipinski definition) is 0. The second-order valence-corrected chi connectivity index (χ2v) is 6.41. The largest absolute Gasteiger partial charge is 0.496 e. The van der Waals surface area contributed by atoms with Gasteiger partial charge in [-0.05, 0) is 36.2 Å². The van der Waals surface area contributed by atoms with Gasteiger partial charge in [0.15, 0.2) is 0 Å². The zero-order valence-electron chi connectivity index (χ0n) is 13.8. The molecule has 24 heavy (non-hydrogen) atoms. The Morgan fingerprint density at radius 2 is 2.12 bits per heavy atom. The maximum Gasteiger partial charge on any atom is 0.229 e. The number of halogens is 1. The molecule has 1 amide bonds. The van der Waals surface area contributed by atoms with Crippen molar-refractivity contribution >= 4 is 17.5 Å². The summed E-state index contributed by atoms with van der Waals surface area (Å²) in [6.45, 7) is 0.855. The minimum Gasteiger partial charge on any atom is -0.496 e. The van der Waals surface area contributed by atoms with Crippen LogP contribution in [0.25, 0.3) is 0 Å².